The third-order valence-electron chi connectivity index (χ3n) is 4.52. The van der Waals surface area contributed by atoms with E-state index in [1.807, 2.05) is 36.4 Å². The van der Waals surface area contributed by atoms with Gasteiger partial charge in [0, 0.05) is 19.2 Å². The molecule has 3 rings (SSSR count). The molecule has 0 saturated carbocycles. The number of fused-ring (bicyclic) bond motifs is 1. The highest BCUT2D eigenvalue weighted by atomic mass is 16.7. The van der Waals surface area contributed by atoms with Crippen molar-refractivity contribution in [3.05, 3.63) is 42.5 Å². The summed E-state index contributed by atoms with van der Waals surface area (Å²) in [6.07, 6.45) is -4.63. The SMILES string of the molecule is CC(=O)N[C@@H]1[C@H](Oc2cccc3ccccc23)O[C@H](CO)[C@H](O)[C@H]1OC(C)=O. The number of carbonyl (C=O) groups excluding carboxylic acids is 2. The first kappa shape index (κ1) is 20.1. The molecule has 0 aromatic heterocycles. The molecule has 0 aliphatic carbocycles. The van der Waals surface area contributed by atoms with Gasteiger partial charge in [-0.15, -0.1) is 0 Å². The number of hydrogen-bond donors (Lipinski definition) is 3. The van der Waals surface area contributed by atoms with E-state index in [-0.39, 0.29) is 0 Å². The number of amides is 1. The van der Waals surface area contributed by atoms with Crippen LogP contribution in [0.4, 0.5) is 0 Å². The molecule has 28 heavy (non-hydrogen) atoms. The molecular formula is C20H23NO7. The van der Waals surface area contributed by atoms with Gasteiger partial charge in [0.05, 0.1) is 6.61 Å². The Morgan fingerprint density at radius 1 is 1.14 bits per heavy atom. The van der Waals surface area contributed by atoms with Crippen molar-refractivity contribution in [3.8, 4) is 5.75 Å². The molecule has 1 heterocycles. The van der Waals surface area contributed by atoms with Crippen LogP contribution < -0.4 is 10.1 Å². The maximum Gasteiger partial charge on any atom is 0.303 e. The molecular weight excluding hydrogens is 366 g/mol. The molecule has 0 bridgehead atoms. The van der Waals surface area contributed by atoms with E-state index in [1.165, 1.54) is 13.8 Å². The van der Waals surface area contributed by atoms with E-state index < -0.39 is 49.1 Å². The highest BCUT2D eigenvalue weighted by molar-refractivity contribution is 5.88. The van der Waals surface area contributed by atoms with Gasteiger partial charge in [-0.05, 0) is 11.5 Å². The van der Waals surface area contributed by atoms with Crippen LogP contribution in [0.5, 0.6) is 5.75 Å². The summed E-state index contributed by atoms with van der Waals surface area (Å²) >= 11 is 0. The summed E-state index contributed by atoms with van der Waals surface area (Å²) in [5, 5.41) is 24.4. The molecule has 1 aliphatic heterocycles. The topological polar surface area (TPSA) is 114 Å². The maximum absolute atomic E-state index is 11.7. The molecule has 1 fully saturated rings. The van der Waals surface area contributed by atoms with E-state index in [4.69, 9.17) is 14.2 Å². The first-order valence-corrected chi connectivity index (χ1v) is 8.94. The third-order valence-corrected chi connectivity index (χ3v) is 4.52. The molecule has 1 saturated heterocycles. The van der Waals surface area contributed by atoms with Gasteiger partial charge in [-0.25, -0.2) is 0 Å². The highest BCUT2D eigenvalue weighted by Gasteiger charge is 2.48. The number of benzene rings is 2. The normalized spacial score (nSPS) is 27.2. The molecule has 3 N–H and O–H groups in total. The fourth-order valence-corrected chi connectivity index (χ4v) is 3.31. The van der Waals surface area contributed by atoms with E-state index in [9.17, 15) is 19.8 Å². The van der Waals surface area contributed by atoms with Crippen LogP contribution in [0.3, 0.4) is 0 Å². The Kier molecular flexibility index (Phi) is 6.13. The minimum Gasteiger partial charge on any atom is -0.462 e. The van der Waals surface area contributed by atoms with Crippen molar-refractivity contribution in [2.24, 2.45) is 0 Å². The lowest BCUT2D eigenvalue weighted by Gasteiger charge is -2.43. The number of hydrogen-bond acceptors (Lipinski definition) is 7. The number of aliphatic hydroxyl groups is 2. The Bertz CT molecular complexity index is 850. The molecule has 1 aliphatic rings. The molecule has 1 amide bonds. The number of nitrogens with one attached hydrogen (secondary N) is 1. The quantitative estimate of drug-likeness (QED) is 0.646. The first-order valence-electron chi connectivity index (χ1n) is 8.94. The Morgan fingerprint density at radius 3 is 2.54 bits per heavy atom. The first-order chi connectivity index (χ1) is 13.4. The minimum atomic E-state index is -1.34. The average Bonchev–Trinajstić information content (AvgIpc) is 2.66. The fourth-order valence-electron chi connectivity index (χ4n) is 3.31. The molecule has 0 radical (unpaired) electrons. The van der Waals surface area contributed by atoms with Gasteiger partial charge in [0.15, 0.2) is 6.10 Å². The predicted octanol–water partition coefficient (Wildman–Crippen LogP) is 0.733. The predicted molar refractivity (Wildman–Crippen MR) is 99.5 cm³/mol. The number of esters is 1. The Hall–Kier alpha value is -2.68. The Labute approximate surface area is 162 Å². The van der Waals surface area contributed by atoms with E-state index >= 15 is 0 Å². The summed E-state index contributed by atoms with van der Waals surface area (Å²) in [6.45, 7) is 1.98. The summed E-state index contributed by atoms with van der Waals surface area (Å²) in [4.78, 5) is 23.3. The smallest absolute Gasteiger partial charge is 0.303 e. The number of carbonyl (C=O) groups is 2. The van der Waals surface area contributed by atoms with Crippen LogP contribution in [-0.2, 0) is 19.1 Å². The van der Waals surface area contributed by atoms with Gasteiger partial charge >= 0.3 is 5.97 Å². The zero-order valence-electron chi connectivity index (χ0n) is 15.6. The largest absolute Gasteiger partial charge is 0.462 e. The highest BCUT2D eigenvalue weighted by Crippen LogP contribution is 2.30. The zero-order chi connectivity index (χ0) is 20.3. The van der Waals surface area contributed by atoms with Gasteiger partial charge < -0.3 is 29.7 Å². The van der Waals surface area contributed by atoms with Crippen LogP contribution in [0.15, 0.2) is 42.5 Å². The Balaban J connectivity index is 1.96. The second-order valence-corrected chi connectivity index (χ2v) is 6.61. The molecule has 150 valence electrons. The molecule has 5 atom stereocenters. The van der Waals surface area contributed by atoms with Crippen molar-refractivity contribution < 1.29 is 34.0 Å². The lowest BCUT2D eigenvalue weighted by atomic mass is 9.96. The van der Waals surface area contributed by atoms with Crippen molar-refractivity contribution in [2.45, 2.75) is 44.5 Å². The summed E-state index contributed by atoms with van der Waals surface area (Å²) in [6, 6.07) is 12.1. The standard InChI is InChI=1S/C20H23NO7/c1-11(23)21-17-19(26-12(2)24)18(25)16(10-22)28-20(17)27-15-9-5-7-13-6-3-4-8-14(13)15/h3-9,16-20,22,25H,10H2,1-2H3,(H,21,23)/t16-,17+,18+,19+,20-/m1/s1. The van der Waals surface area contributed by atoms with Crippen LogP contribution >= 0.6 is 0 Å². The van der Waals surface area contributed by atoms with E-state index in [1.54, 1.807) is 6.07 Å². The van der Waals surface area contributed by atoms with Crippen LogP contribution in [0.25, 0.3) is 10.8 Å². The van der Waals surface area contributed by atoms with E-state index in [0.29, 0.717) is 5.75 Å². The lowest BCUT2D eigenvalue weighted by Crippen LogP contribution is -2.66. The summed E-state index contributed by atoms with van der Waals surface area (Å²) in [7, 11) is 0. The van der Waals surface area contributed by atoms with E-state index in [2.05, 4.69) is 5.32 Å². The molecule has 0 spiro atoms. The molecule has 8 nitrogen and oxygen atoms in total. The Morgan fingerprint density at radius 2 is 1.86 bits per heavy atom. The monoisotopic (exact) mass is 389 g/mol. The van der Waals surface area contributed by atoms with Crippen molar-refractivity contribution in [1.29, 1.82) is 0 Å². The van der Waals surface area contributed by atoms with Crippen LogP contribution in [-0.4, -0.2) is 59.3 Å². The van der Waals surface area contributed by atoms with Gasteiger partial charge in [0.25, 0.3) is 0 Å². The number of aliphatic hydroxyl groups excluding tert-OH is 2. The van der Waals surface area contributed by atoms with Crippen molar-refractivity contribution in [2.75, 3.05) is 6.61 Å². The van der Waals surface area contributed by atoms with Crippen LogP contribution in [0.1, 0.15) is 13.8 Å². The van der Waals surface area contributed by atoms with Gasteiger partial charge in [0.1, 0.15) is 24.0 Å². The van der Waals surface area contributed by atoms with Crippen molar-refractivity contribution in [3.63, 3.8) is 0 Å². The van der Waals surface area contributed by atoms with Crippen molar-refractivity contribution >= 4 is 22.6 Å². The number of rotatable bonds is 5. The summed E-state index contributed by atoms with van der Waals surface area (Å²) < 4.78 is 17.0. The molecule has 0 unspecified atom stereocenters. The average molecular weight is 389 g/mol. The second kappa shape index (κ2) is 8.55. The minimum absolute atomic E-state index is 0.410. The lowest BCUT2D eigenvalue weighted by molar-refractivity contribution is -0.249. The summed E-state index contributed by atoms with van der Waals surface area (Å²) in [5.74, 6) is -0.554. The van der Waals surface area contributed by atoms with Gasteiger partial charge in [-0.1, -0.05) is 36.4 Å². The summed E-state index contributed by atoms with van der Waals surface area (Å²) in [5.41, 5.74) is 0. The molecule has 2 aromatic carbocycles. The van der Waals surface area contributed by atoms with Gasteiger partial charge in [-0.2, -0.15) is 0 Å². The van der Waals surface area contributed by atoms with Crippen LogP contribution in [0, 0.1) is 0 Å². The van der Waals surface area contributed by atoms with Crippen LogP contribution in [0.2, 0.25) is 0 Å². The fraction of sp³-hybridized carbons (Fsp3) is 0.400. The number of ether oxygens (including phenoxy) is 3. The molecule has 2 aromatic rings. The van der Waals surface area contributed by atoms with Gasteiger partial charge in [0.2, 0.25) is 12.2 Å². The zero-order valence-corrected chi connectivity index (χ0v) is 15.6. The van der Waals surface area contributed by atoms with Gasteiger partial charge in [-0.3, -0.25) is 9.59 Å². The van der Waals surface area contributed by atoms with E-state index in [0.717, 1.165) is 10.8 Å². The maximum atomic E-state index is 11.7. The molecule has 8 heteroatoms. The van der Waals surface area contributed by atoms with Crippen molar-refractivity contribution in [1.82, 2.24) is 5.32 Å². The second-order valence-electron chi connectivity index (χ2n) is 6.61. The third kappa shape index (κ3) is 4.24.